The fourth-order valence-electron chi connectivity index (χ4n) is 3.21. The molecule has 0 unspecified atom stereocenters. The maximum atomic E-state index is 12.1. The summed E-state index contributed by atoms with van der Waals surface area (Å²) in [6.45, 7) is 1.61. The van der Waals surface area contributed by atoms with E-state index in [0.717, 1.165) is 25.7 Å². The van der Waals surface area contributed by atoms with Crippen molar-refractivity contribution in [2.75, 3.05) is 5.75 Å². The second-order valence-electron chi connectivity index (χ2n) is 5.00. The molecule has 0 spiro atoms. The quantitative estimate of drug-likeness (QED) is 0.800. The molecule has 1 saturated carbocycles. The average Bonchev–Trinajstić information content (AvgIpc) is 2.69. The smallest absolute Gasteiger partial charge is 0.235 e. The van der Waals surface area contributed by atoms with Gasteiger partial charge in [0.05, 0.1) is 5.75 Å². The number of primary amides is 1. The van der Waals surface area contributed by atoms with Gasteiger partial charge in [-0.1, -0.05) is 12.8 Å². The Bertz CT molecular complexity index is 407. The number of fused-ring (bicyclic) bond motifs is 1. The van der Waals surface area contributed by atoms with Crippen molar-refractivity contribution in [2.24, 2.45) is 11.7 Å². The molecular weight excluding hydrogens is 240 g/mol. The van der Waals surface area contributed by atoms with Crippen LogP contribution in [0.1, 0.15) is 39.0 Å². The van der Waals surface area contributed by atoms with Gasteiger partial charge in [0, 0.05) is 6.04 Å². The Hall–Kier alpha value is -0.620. The van der Waals surface area contributed by atoms with Crippen molar-refractivity contribution in [1.82, 2.24) is 4.31 Å². The summed E-state index contributed by atoms with van der Waals surface area (Å²) in [6.07, 6.45) is 4.67. The maximum Gasteiger partial charge on any atom is 0.235 e. The average molecular weight is 260 g/mol. The Morgan fingerprint density at radius 2 is 2.00 bits per heavy atom. The minimum absolute atomic E-state index is 0.00574. The zero-order chi connectivity index (χ0) is 12.6. The van der Waals surface area contributed by atoms with Gasteiger partial charge in [-0.25, -0.2) is 8.42 Å². The van der Waals surface area contributed by atoms with Crippen LogP contribution in [0.2, 0.25) is 0 Å². The van der Waals surface area contributed by atoms with Crippen LogP contribution in [0.4, 0.5) is 0 Å². The van der Waals surface area contributed by atoms with Gasteiger partial charge in [0.25, 0.3) is 0 Å². The van der Waals surface area contributed by atoms with Crippen LogP contribution < -0.4 is 5.73 Å². The molecular formula is C11H20N2O3S. The Kier molecular flexibility index (Phi) is 3.45. The molecule has 2 rings (SSSR count). The van der Waals surface area contributed by atoms with Gasteiger partial charge in [0.2, 0.25) is 15.9 Å². The predicted octanol–water partition coefficient (Wildman–Crippen LogP) is 0.454. The standard InChI is InChI=1S/C11H20N2O3S/c1-2-17(15,16)13-9-6-4-3-5-8(9)7-10(13)11(12)14/h8-10H,2-7H2,1H3,(H2,12,14)/t8-,9-,10-/m0/s1. The SMILES string of the molecule is CCS(=O)(=O)N1[C@H](C(N)=O)C[C@@H]2CCCC[C@@H]21. The molecule has 0 bridgehead atoms. The van der Waals surface area contributed by atoms with Crippen molar-refractivity contribution in [2.45, 2.75) is 51.1 Å². The number of carbonyl (C=O) groups is 1. The maximum absolute atomic E-state index is 12.1. The first-order valence-corrected chi connectivity index (χ1v) is 7.89. The summed E-state index contributed by atoms with van der Waals surface area (Å²) in [5.41, 5.74) is 5.35. The van der Waals surface area contributed by atoms with Crippen molar-refractivity contribution in [1.29, 1.82) is 0 Å². The molecule has 1 amide bonds. The molecule has 1 aliphatic heterocycles. The van der Waals surface area contributed by atoms with Crippen LogP contribution in [0.25, 0.3) is 0 Å². The molecule has 0 aromatic carbocycles. The van der Waals surface area contributed by atoms with E-state index in [0.29, 0.717) is 12.3 Å². The number of amides is 1. The highest BCUT2D eigenvalue weighted by molar-refractivity contribution is 7.89. The Balaban J connectivity index is 2.33. The van der Waals surface area contributed by atoms with Crippen LogP contribution in [0.3, 0.4) is 0 Å². The summed E-state index contributed by atoms with van der Waals surface area (Å²) in [7, 11) is -3.33. The molecule has 2 aliphatic rings. The molecule has 2 N–H and O–H groups in total. The second kappa shape index (κ2) is 4.57. The number of carbonyl (C=O) groups excluding carboxylic acids is 1. The van der Waals surface area contributed by atoms with E-state index in [-0.39, 0.29) is 11.8 Å². The number of nitrogens with two attached hydrogens (primary N) is 1. The van der Waals surface area contributed by atoms with Gasteiger partial charge in [-0.05, 0) is 32.1 Å². The molecule has 1 heterocycles. The highest BCUT2D eigenvalue weighted by Crippen LogP contribution is 2.41. The topological polar surface area (TPSA) is 80.5 Å². The Morgan fingerprint density at radius 3 is 2.59 bits per heavy atom. The predicted molar refractivity (Wildman–Crippen MR) is 64.6 cm³/mol. The first-order chi connectivity index (χ1) is 7.97. The molecule has 0 radical (unpaired) electrons. The summed E-state index contributed by atoms with van der Waals surface area (Å²) in [5, 5.41) is 0. The molecule has 0 aromatic rings. The van der Waals surface area contributed by atoms with Gasteiger partial charge >= 0.3 is 0 Å². The molecule has 98 valence electrons. The van der Waals surface area contributed by atoms with Gasteiger partial charge in [-0.15, -0.1) is 0 Å². The first kappa shape index (κ1) is 12.8. The van der Waals surface area contributed by atoms with Crippen LogP contribution in [0.5, 0.6) is 0 Å². The number of hydrogen-bond acceptors (Lipinski definition) is 3. The molecule has 1 aliphatic carbocycles. The van der Waals surface area contributed by atoms with E-state index >= 15 is 0 Å². The van der Waals surface area contributed by atoms with Crippen LogP contribution in [-0.2, 0) is 14.8 Å². The van der Waals surface area contributed by atoms with Crippen molar-refractivity contribution < 1.29 is 13.2 Å². The minimum Gasteiger partial charge on any atom is -0.368 e. The van der Waals surface area contributed by atoms with Gasteiger partial charge in [0.15, 0.2) is 0 Å². The molecule has 1 saturated heterocycles. The number of rotatable bonds is 3. The van der Waals surface area contributed by atoms with Crippen LogP contribution in [0, 0.1) is 5.92 Å². The van der Waals surface area contributed by atoms with Gasteiger partial charge in [0.1, 0.15) is 6.04 Å². The van der Waals surface area contributed by atoms with Crippen LogP contribution in [-0.4, -0.2) is 36.5 Å². The van der Waals surface area contributed by atoms with Crippen LogP contribution in [0.15, 0.2) is 0 Å². The number of nitrogens with zero attached hydrogens (tertiary/aromatic N) is 1. The lowest BCUT2D eigenvalue weighted by atomic mass is 9.85. The van der Waals surface area contributed by atoms with Crippen molar-refractivity contribution in [3.05, 3.63) is 0 Å². The third-order valence-corrected chi connectivity index (χ3v) is 5.94. The van der Waals surface area contributed by atoms with Gasteiger partial charge in [-0.2, -0.15) is 4.31 Å². The van der Waals surface area contributed by atoms with E-state index in [4.69, 9.17) is 5.73 Å². The van der Waals surface area contributed by atoms with Gasteiger partial charge in [-0.3, -0.25) is 4.79 Å². The van der Waals surface area contributed by atoms with E-state index in [2.05, 4.69) is 0 Å². The summed E-state index contributed by atoms with van der Waals surface area (Å²) in [4.78, 5) is 11.4. The molecule has 2 fully saturated rings. The van der Waals surface area contributed by atoms with E-state index in [1.807, 2.05) is 0 Å². The number of sulfonamides is 1. The second-order valence-corrected chi connectivity index (χ2v) is 7.16. The molecule has 6 heteroatoms. The van der Waals surface area contributed by atoms with E-state index < -0.39 is 22.0 Å². The van der Waals surface area contributed by atoms with E-state index in [1.165, 1.54) is 4.31 Å². The number of hydrogen-bond donors (Lipinski definition) is 1. The Morgan fingerprint density at radius 1 is 1.35 bits per heavy atom. The summed E-state index contributed by atoms with van der Waals surface area (Å²) in [5.74, 6) is -0.140. The lowest BCUT2D eigenvalue weighted by molar-refractivity contribution is -0.121. The normalized spacial score (nSPS) is 34.5. The van der Waals surface area contributed by atoms with E-state index in [1.54, 1.807) is 6.92 Å². The first-order valence-electron chi connectivity index (χ1n) is 6.28. The molecule has 17 heavy (non-hydrogen) atoms. The largest absolute Gasteiger partial charge is 0.368 e. The molecule has 0 aromatic heterocycles. The minimum atomic E-state index is -3.33. The monoisotopic (exact) mass is 260 g/mol. The fourth-order valence-corrected chi connectivity index (χ4v) is 4.78. The van der Waals surface area contributed by atoms with E-state index in [9.17, 15) is 13.2 Å². The van der Waals surface area contributed by atoms with Crippen LogP contribution >= 0.6 is 0 Å². The third-order valence-electron chi connectivity index (χ3n) is 4.04. The molecule has 3 atom stereocenters. The zero-order valence-corrected chi connectivity index (χ0v) is 10.9. The lowest BCUT2D eigenvalue weighted by Crippen LogP contribution is -2.48. The highest BCUT2D eigenvalue weighted by atomic mass is 32.2. The zero-order valence-electron chi connectivity index (χ0n) is 10.1. The fraction of sp³-hybridized carbons (Fsp3) is 0.909. The summed E-state index contributed by atoms with van der Waals surface area (Å²) >= 11 is 0. The summed E-state index contributed by atoms with van der Waals surface area (Å²) in [6, 6.07) is -0.612. The van der Waals surface area contributed by atoms with Crippen molar-refractivity contribution in [3.63, 3.8) is 0 Å². The van der Waals surface area contributed by atoms with Crippen molar-refractivity contribution >= 4 is 15.9 Å². The highest BCUT2D eigenvalue weighted by Gasteiger charge is 2.49. The summed E-state index contributed by atoms with van der Waals surface area (Å²) < 4.78 is 25.6. The van der Waals surface area contributed by atoms with Gasteiger partial charge < -0.3 is 5.73 Å². The van der Waals surface area contributed by atoms with Crippen molar-refractivity contribution in [3.8, 4) is 0 Å². The third kappa shape index (κ3) is 2.20. The Labute approximate surface area is 102 Å². The lowest BCUT2D eigenvalue weighted by Gasteiger charge is -2.31. The molecule has 5 nitrogen and oxygen atoms in total.